The number of hydrogen-bond donors (Lipinski definition) is 1. The van der Waals surface area contributed by atoms with Gasteiger partial charge in [-0.15, -0.1) is 0 Å². The summed E-state index contributed by atoms with van der Waals surface area (Å²) in [6.07, 6.45) is 19.8. The summed E-state index contributed by atoms with van der Waals surface area (Å²) in [5, 5.41) is 4.01. The molecule has 0 amide bonds. The zero-order chi connectivity index (χ0) is 48.4. The Morgan fingerprint density at radius 3 is 1.58 bits per heavy atom. The SMILES string of the molecule is C.CC(C)C#CC1=CCN=C1.CC(C)C#Cc1cccnc1.CC(C)C#Cc1cnc[nH]1.CC(C)C#Cc1cncn1C.CC(C)C#Cc1cnn(C)c1.Cc1ccc(C#CC(C)C)cn1. The van der Waals surface area contributed by atoms with Crippen LogP contribution in [0.3, 0.4) is 0 Å². The second-order valence-electron chi connectivity index (χ2n) is 16.4. The van der Waals surface area contributed by atoms with Crippen molar-refractivity contribution in [3.05, 3.63) is 126 Å². The van der Waals surface area contributed by atoms with Crippen molar-refractivity contribution in [1.29, 1.82) is 0 Å². The molecule has 6 heterocycles. The fourth-order valence-electron chi connectivity index (χ4n) is 4.06. The zero-order valence-electron chi connectivity index (χ0n) is 41.4. The molecule has 346 valence electrons. The lowest BCUT2D eigenvalue weighted by Crippen LogP contribution is -1.89. The third kappa shape index (κ3) is 32.4. The number of aromatic amines is 1. The summed E-state index contributed by atoms with van der Waals surface area (Å²) < 4.78 is 3.67. The highest BCUT2D eigenvalue weighted by Gasteiger charge is 1.94. The predicted octanol–water partition coefficient (Wildman–Crippen LogP) is 11.1. The van der Waals surface area contributed by atoms with Crippen molar-refractivity contribution in [2.75, 3.05) is 6.54 Å². The number of hydrogen-bond acceptors (Lipinski definition) is 6. The van der Waals surface area contributed by atoms with E-state index < -0.39 is 0 Å². The first-order valence-electron chi connectivity index (χ1n) is 22.0. The van der Waals surface area contributed by atoms with E-state index in [0.717, 1.165) is 45.9 Å². The smallest absolute Gasteiger partial charge is 0.111 e. The standard InChI is InChI=1S/C11H13N.C10H11N.2C9H12N2.C9H11N.C8H10N2.CH4/c1-9(2)4-6-11-7-5-10(3)12-8-11;1-9(2)5-6-10-4-3-7-11-8-10;1-8(2)4-5-9-6-10-7-11(9)3;1-8(2)4-5-9-6-10-11(3)7-9;1-8(2)3-4-9-5-6-10-7-9;1-7(2)3-4-8-5-9-6-10-8;/h5,7-9H,1-3H3;3-4,7-9H,1-2H3;2*6-8H,1-3H3;5,7-8H,6H2,1-2H3;5-7H,1-2H3,(H,9,10);1H4. The lowest BCUT2D eigenvalue weighted by atomic mass is 10.2. The van der Waals surface area contributed by atoms with E-state index in [1.807, 2.05) is 74.5 Å². The van der Waals surface area contributed by atoms with Crippen molar-refractivity contribution in [2.24, 2.45) is 54.6 Å². The Labute approximate surface area is 399 Å². The van der Waals surface area contributed by atoms with Gasteiger partial charge in [0.2, 0.25) is 0 Å². The third-order valence-corrected chi connectivity index (χ3v) is 7.24. The number of imidazole rings is 2. The van der Waals surface area contributed by atoms with E-state index in [0.29, 0.717) is 35.5 Å². The summed E-state index contributed by atoms with van der Waals surface area (Å²) in [6, 6.07) is 7.83. The molecule has 0 aromatic carbocycles. The maximum Gasteiger partial charge on any atom is 0.111 e. The van der Waals surface area contributed by atoms with E-state index in [1.165, 1.54) is 0 Å². The average Bonchev–Trinajstić information content (AvgIpc) is 4.12. The topological polar surface area (TPSA) is 102 Å². The quantitative estimate of drug-likeness (QED) is 0.156. The molecule has 5 aromatic heterocycles. The van der Waals surface area contributed by atoms with Crippen LogP contribution in [0.15, 0.2) is 96.9 Å². The first-order chi connectivity index (χ1) is 30.9. The molecule has 5 aromatic rings. The Hall–Kier alpha value is -7.30. The molecule has 9 nitrogen and oxygen atoms in total. The molecule has 0 unspecified atom stereocenters. The van der Waals surface area contributed by atoms with E-state index >= 15 is 0 Å². The van der Waals surface area contributed by atoms with Crippen molar-refractivity contribution < 1.29 is 0 Å². The van der Waals surface area contributed by atoms with Crippen LogP contribution < -0.4 is 0 Å². The number of aryl methyl sites for hydroxylation is 3. The fraction of sp³-hybridized carbons (Fsp3) is 0.404. The molecule has 6 rings (SSSR count). The minimum Gasteiger partial charge on any atom is -0.338 e. The minimum atomic E-state index is 0. The molecule has 0 aliphatic carbocycles. The normalized spacial score (nSPS) is 9.98. The molecule has 0 spiro atoms. The van der Waals surface area contributed by atoms with Crippen molar-refractivity contribution in [3.63, 3.8) is 0 Å². The predicted molar refractivity (Wildman–Crippen MR) is 278 cm³/mol. The molecule has 0 fully saturated rings. The van der Waals surface area contributed by atoms with Crippen molar-refractivity contribution in [1.82, 2.24) is 39.3 Å². The molecule has 1 aliphatic rings. The summed E-state index contributed by atoms with van der Waals surface area (Å²) in [7, 11) is 3.83. The molecule has 0 bridgehead atoms. The van der Waals surface area contributed by atoms with Crippen LogP contribution in [0.2, 0.25) is 0 Å². The number of nitrogens with zero attached hydrogens (tertiary/aromatic N) is 8. The molecule has 0 saturated carbocycles. The van der Waals surface area contributed by atoms with Gasteiger partial charge in [-0.1, -0.05) is 150 Å². The third-order valence-electron chi connectivity index (χ3n) is 7.24. The number of nitrogens with one attached hydrogen (secondary N) is 1. The lowest BCUT2D eigenvalue weighted by molar-refractivity contribution is 0.767. The van der Waals surface area contributed by atoms with Crippen LogP contribution in [0.5, 0.6) is 0 Å². The zero-order valence-corrected chi connectivity index (χ0v) is 41.4. The summed E-state index contributed by atoms with van der Waals surface area (Å²) in [4.78, 5) is 22.8. The van der Waals surface area contributed by atoms with Gasteiger partial charge in [0.15, 0.2) is 0 Å². The molecule has 1 N–H and O–H groups in total. The number of pyridine rings is 2. The van der Waals surface area contributed by atoms with Gasteiger partial charge < -0.3 is 9.55 Å². The Morgan fingerprint density at radius 2 is 1.14 bits per heavy atom. The van der Waals surface area contributed by atoms with Crippen LogP contribution in [0.1, 0.15) is 124 Å². The lowest BCUT2D eigenvalue weighted by Gasteiger charge is -1.91. The Balaban J connectivity index is 0.000000767. The van der Waals surface area contributed by atoms with E-state index in [9.17, 15) is 0 Å². The number of aromatic nitrogens is 8. The van der Waals surface area contributed by atoms with Crippen LogP contribution in [-0.4, -0.2) is 52.0 Å². The molecule has 0 radical (unpaired) electrons. The molecular formula is C57H73N9. The average molecular weight is 884 g/mol. The van der Waals surface area contributed by atoms with E-state index in [4.69, 9.17) is 0 Å². The van der Waals surface area contributed by atoms with E-state index in [-0.39, 0.29) is 7.43 Å². The van der Waals surface area contributed by atoms with E-state index in [2.05, 4.69) is 189 Å². The van der Waals surface area contributed by atoms with Gasteiger partial charge >= 0.3 is 0 Å². The Kier molecular flexibility index (Phi) is 31.2. The first-order valence-corrected chi connectivity index (χ1v) is 22.0. The Bertz CT molecular complexity index is 2530. The summed E-state index contributed by atoms with van der Waals surface area (Å²) >= 11 is 0. The maximum absolute atomic E-state index is 4.15. The van der Waals surface area contributed by atoms with Crippen molar-refractivity contribution in [2.45, 2.75) is 97.4 Å². The largest absolute Gasteiger partial charge is 0.338 e. The number of rotatable bonds is 0. The van der Waals surface area contributed by atoms with Gasteiger partial charge in [-0.3, -0.25) is 19.6 Å². The maximum atomic E-state index is 4.15. The molecule has 1 aliphatic heterocycles. The summed E-state index contributed by atoms with van der Waals surface area (Å²) in [5.41, 5.74) is 6.92. The van der Waals surface area contributed by atoms with Gasteiger partial charge in [-0.05, 0) is 49.1 Å². The highest BCUT2D eigenvalue weighted by molar-refractivity contribution is 5.86. The molecular weight excluding hydrogens is 811 g/mol. The number of allylic oxidation sites excluding steroid dienone is 1. The van der Waals surface area contributed by atoms with Crippen LogP contribution in [0, 0.1) is 113 Å². The Morgan fingerprint density at radius 1 is 0.576 bits per heavy atom. The molecule has 0 saturated heterocycles. The highest BCUT2D eigenvalue weighted by atomic mass is 15.2. The fourth-order valence-corrected chi connectivity index (χ4v) is 4.06. The van der Waals surface area contributed by atoms with Crippen LogP contribution in [-0.2, 0) is 14.1 Å². The monoisotopic (exact) mass is 884 g/mol. The second kappa shape index (κ2) is 35.1. The van der Waals surface area contributed by atoms with Crippen molar-refractivity contribution in [3.8, 4) is 71.0 Å². The van der Waals surface area contributed by atoms with Gasteiger partial charge in [-0.2, -0.15) is 5.10 Å². The van der Waals surface area contributed by atoms with Gasteiger partial charge in [0.25, 0.3) is 0 Å². The highest BCUT2D eigenvalue weighted by Crippen LogP contribution is 2.00. The molecule has 9 heteroatoms. The second-order valence-corrected chi connectivity index (χ2v) is 16.4. The summed E-state index contributed by atoms with van der Waals surface area (Å²) in [5.74, 6) is 39.1. The van der Waals surface area contributed by atoms with Gasteiger partial charge in [0, 0.05) is 103 Å². The molecule has 66 heavy (non-hydrogen) atoms. The molecule has 0 atom stereocenters. The van der Waals surface area contributed by atoms with Crippen molar-refractivity contribution >= 4 is 6.21 Å². The van der Waals surface area contributed by atoms with Crippen LogP contribution >= 0.6 is 0 Å². The number of aliphatic imine (C=N–C) groups is 1. The van der Waals surface area contributed by atoms with Crippen LogP contribution in [0.4, 0.5) is 0 Å². The van der Waals surface area contributed by atoms with Crippen LogP contribution in [0.25, 0.3) is 0 Å². The van der Waals surface area contributed by atoms with Gasteiger partial charge in [0.05, 0.1) is 43.4 Å². The number of H-pyrrole nitrogens is 1. The summed E-state index contributed by atoms with van der Waals surface area (Å²) in [6.45, 7) is 27.7. The van der Waals surface area contributed by atoms with Gasteiger partial charge in [-0.25, -0.2) is 9.97 Å². The van der Waals surface area contributed by atoms with E-state index in [1.54, 1.807) is 48.3 Å². The first kappa shape index (κ1) is 58.7. The van der Waals surface area contributed by atoms with Gasteiger partial charge in [0.1, 0.15) is 11.4 Å². The minimum absolute atomic E-state index is 0.